The van der Waals surface area contributed by atoms with Gasteiger partial charge in [0.15, 0.2) is 0 Å². The lowest BCUT2D eigenvalue weighted by molar-refractivity contribution is -0.382. The summed E-state index contributed by atoms with van der Waals surface area (Å²) in [5.41, 5.74) is 4.44. The van der Waals surface area contributed by atoms with Crippen LogP contribution < -0.4 is 11.7 Å². The van der Waals surface area contributed by atoms with Gasteiger partial charge in [-0.15, -0.1) is 0 Å². The zero-order valence-corrected chi connectivity index (χ0v) is 19.5. The Balaban J connectivity index is 0.000000360. The van der Waals surface area contributed by atoms with E-state index in [1.807, 2.05) is 48.5 Å². The smallest absolute Gasteiger partial charge is 0.460 e. The van der Waals surface area contributed by atoms with E-state index in [1.54, 1.807) is 6.07 Å². The highest BCUT2D eigenvalue weighted by atomic mass is 32.2. The molecule has 0 saturated carbocycles. The average Bonchev–Trinajstić information content (AvgIpc) is 2.85. The number of hydrogen-bond donors (Lipinski definition) is 4. The minimum atomic E-state index is -7.37. The van der Waals surface area contributed by atoms with Gasteiger partial charge in [-0.3, -0.25) is 16.2 Å². The summed E-state index contributed by atoms with van der Waals surface area (Å²) in [6, 6.07) is 25.9. The van der Waals surface area contributed by atoms with Crippen LogP contribution in [-0.4, -0.2) is 41.4 Å². The number of halogens is 9. The molecular weight excluding hydrogens is 559 g/mol. The molecule has 3 aromatic carbocycles. The monoisotopic (exact) mass is 578 g/mol. The van der Waals surface area contributed by atoms with E-state index in [0.717, 1.165) is 22.3 Å². The van der Waals surface area contributed by atoms with Crippen LogP contribution in [0.2, 0.25) is 0 Å². The number of nitrogens with two attached hydrogens (primary N) is 2. The number of phenolic OH excluding ortho intramolecular Hbond substituents is 1. The van der Waals surface area contributed by atoms with Crippen LogP contribution in [-0.2, 0) is 10.1 Å². The maximum Gasteiger partial charge on any atom is 0.460 e. The molecule has 0 aromatic heterocycles. The van der Waals surface area contributed by atoms with Crippen LogP contribution in [0.3, 0.4) is 0 Å². The molecule has 0 atom stereocenters. The summed E-state index contributed by atoms with van der Waals surface area (Å²) in [6.45, 7) is 0. The summed E-state index contributed by atoms with van der Waals surface area (Å²) in [5.74, 6) is -6.43. The van der Waals surface area contributed by atoms with Crippen molar-refractivity contribution in [3.05, 3.63) is 78.9 Å². The Hall–Kier alpha value is -3.34. The Labute approximate surface area is 210 Å². The van der Waals surface area contributed by atoms with E-state index in [4.69, 9.17) is 4.55 Å². The van der Waals surface area contributed by atoms with E-state index < -0.39 is 33.4 Å². The topological polar surface area (TPSA) is 127 Å². The molecule has 38 heavy (non-hydrogen) atoms. The van der Waals surface area contributed by atoms with Crippen LogP contribution in [0.4, 0.5) is 39.5 Å². The van der Waals surface area contributed by atoms with E-state index in [2.05, 4.69) is 36.0 Å². The van der Waals surface area contributed by atoms with Gasteiger partial charge in [-0.05, 0) is 34.4 Å². The Morgan fingerprint density at radius 2 is 1.00 bits per heavy atom. The molecule has 0 heterocycles. The molecule has 210 valence electrons. The normalized spacial score (nSPS) is 12.5. The molecule has 0 radical (unpaired) electrons. The summed E-state index contributed by atoms with van der Waals surface area (Å²) >= 11 is 0. The fraction of sp³-hybridized carbons (Fsp3) is 0.182. The first-order valence-corrected chi connectivity index (χ1v) is 11.2. The molecule has 0 unspecified atom stereocenters. The highest BCUT2D eigenvalue weighted by molar-refractivity contribution is 7.87. The van der Waals surface area contributed by atoms with Gasteiger partial charge in [0.25, 0.3) is 0 Å². The Bertz CT molecular complexity index is 1290. The molecule has 0 saturated heterocycles. The first kappa shape index (κ1) is 32.7. The van der Waals surface area contributed by atoms with Gasteiger partial charge in [0.1, 0.15) is 5.75 Å². The van der Waals surface area contributed by atoms with E-state index in [1.165, 1.54) is 0 Å². The Kier molecular flexibility index (Phi) is 10.3. The summed E-state index contributed by atoms with van der Waals surface area (Å²) in [6.07, 6.45) is -7.13. The van der Waals surface area contributed by atoms with Gasteiger partial charge in [-0.25, -0.2) is 0 Å². The third-order valence-corrected chi connectivity index (χ3v) is 5.52. The quantitative estimate of drug-likeness (QED) is 0.130. The lowest BCUT2D eigenvalue weighted by Crippen LogP contribution is -2.63. The van der Waals surface area contributed by atoms with Crippen molar-refractivity contribution in [3.63, 3.8) is 0 Å². The van der Waals surface area contributed by atoms with Crippen molar-refractivity contribution in [2.45, 2.75) is 23.3 Å². The Morgan fingerprint density at radius 1 is 0.605 bits per heavy atom. The third-order valence-electron chi connectivity index (χ3n) is 4.61. The summed E-state index contributed by atoms with van der Waals surface area (Å²) < 4.78 is 134. The second kappa shape index (κ2) is 12.0. The largest absolute Gasteiger partial charge is 0.508 e. The van der Waals surface area contributed by atoms with E-state index >= 15 is 0 Å². The fourth-order valence-electron chi connectivity index (χ4n) is 2.78. The van der Waals surface area contributed by atoms with Gasteiger partial charge in [0.2, 0.25) is 0 Å². The molecule has 3 aromatic rings. The lowest BCUT2D eigenvalue weighted by atomic mass is 9.94. The number of hydrazine groups is 1. The van der Waals surface area contributed by atoms with Crippen LogP contribution in [0.1, 0.15) is 0 Å². The zero-order chi connectivity index (χ0) is 29.6. The van der Waals surface area contributed by atoms with Gasteiger partial charge in [-0.2, -0.15) is 47.9 Å². The number of phenols is 1. The molecule has 6 nitrogen and oxygen atoms in total. The lowest BCUT2D eigenvalue weighted by Gasteiger charge is -2.31. The molecule has 6 N–H and O–H groups in total. The van der Waals surface area contributed by atoms with Crippen LogP contribution in [0, 0.1) is 0 Å². The molecule has 16 heteroatoms. The predicted octanol–water partition coefficient (Wildman–Crippen LogP) is 5.84. The average molecular weight is 578 g/mol. The molecule has 0 aliphatic heterocycles. The highest BCUT2D eigenvalue weighted by Gasteiger charge is 2.85. The molecule has 0 aliphatic rings. The zero-order valence-electron chi connectivity index (χ0n) is 18.7. The minimum Gasteiger partial charge on any atom is -0.508 e. The summed E-state index contributed by atoms with van der Waals surface area (Å²) in [5, 5.41) is 2.74. The third kappa shape index (κ3) is 6.75. The van der Waals surface area contributed by atoms with Crippen molar-refractivity contribution in [1.29, 1.82) is 0 Å². The van der Waals surface area contributed by atoms with Crippen LogP contribution in [0.25, 0.3) is 22.3 Å². The minimum absolute atomic E-state index is 0.290. The summed E-state index contributed by atoms with van der Waals surface area (Å²) in [4.78, 5) is 0. The van der Waals surface area contributed by atoms with Crippen molar-refractivity contribution in [1.82, 2.24) is 0 Å². The van der Waals surface area contributed by atoms with Crippen LogP contribution >= 0.6 is 0 Å². The second-order valence-corrected chi connectivity index (χ2v) is 8.56. The van der Waals surface area contributed by atoms with Gasteiger partial charge in [-0.1, -0.05) is 66.7 Å². The van der Waals surface area contributed by atoms with Gasteiger partial charge in [0, 0.05) is 0 Å². The number of alkyl halides is 9. The van der Waals surface area contributed by atoms with Crippen molar-refractivity contribution in [3.8, 4) is 28.0 Å². The number of hydrogen-bond acceptors (Lipinski definition) is 5. The van der Waals surface area contributed by atoms with Crippen molar-refractivity contribution in [2.75, 3.05) is 0 Å². The second-order valence-electron chi connectivity index (χ2n) is 7.10. The van der Waals surface area contributed by atoms with E-state index in [-0.39, 0.29) is 0 Å². The maximum atomic E-state index is 12.2. The standard InChI is InChI=1S/C18H14O.C4HF9O3S.H4N2/c19-16-11-12-17(14-7-3-1-4-8-14)18(13-16)15-9-5-2-6-10-15;5-1(6,3(9,10)11)2(7,8)4(12,13)17(14,15)16;1-2/h1-13,19H;(H,14,15,16);1-2H2. The maximum absolute atomic E-state index is 12.2. The van der Waals surface area contributed by atoms with Crippen molar-refractivity contribution in [2.24, 2.45) is 11.7 Å². The first-order valence-electron chi connectivity index (χ1n) is 9.79. The van der Waals surface area contributed by atoms with Gasteiger partial charge >= 0.3 is 33.4 Å². The molecule has 3 rings (SSSR count). The number of benzene rings is 3. The Morgan fingerprint density at radius 3 is 1.37 bits per heavy atom. The van der Waals surface area contributed by atoms with E-state index in [9.17, 15) is 53.0 Å². The summed E-state index contributed by atoms with van der Waals surface area (Å²) in [7, 11) is -7.17. The molecule has 0 amide bonds. The number of aromatic hydroxyl groups is 1. The first-order chi connectivity index (χ1) is 17.3. The van der Waals surface area contributed by atoms with Crippen LogP contribution in [0.5, 0.6) is 5.75 Å². The molecule has 0 aliphatic carbocycles. The number of rotatable bonds is 5. The van der Waals surface area contributed by atoms with Crippen molar-refractivity contribution >= 4 is 10.1 Å². The van der Waals surface area contributed by atoms with Gasteiger partial charge in [0.05, 0.1) is 0 Å². The fourth-order valence-corrected chi connectivity index (χ4v) is 3.23. The van der Waals surface area contributed by atoms with Gasteiger partial charge < -0.3 is 5.11 Å². The highest BCUT2D eigenvalue weighted by Crippen LogP contribution is 2.54. The van der Waals surface area contributed by atoms with Crippen LogP contribution in [0.15, 0.2) is 78.9 Å². The molecular formula is C22H19F9N2O4S. The SMILES string of the molecule is NN.O=S(=O)(O)C(F)(F)C(F)(F)C(F)(F)C(F)(F)F.Oc1ccc(-c2ccccc2)c(-c2ccccc2)c1. The predicted molar refractivity (Wildman–Crippen MR) is 120 cm³/mol. The molecule has 0 spiro atoms. The van der Waals surface area contributed by atoms with E-state index in [0.29, 0.717) is 5.75 Å². The molecule has 0 bridgehead atoms. The molecule has 0 fully saturated rings. The van der Waals surface area contributed by atoms with Crippen molar-refractivity contribution < 1.29 is 57.6 Å².